The highest BCUT2D eigenvalue weighted by molar-refractivity contribution is 6.34. The first kappa shape index (κ1) is 11.9. The zero-order valence-corrected chi connectivity index (χ0v) is 8.55. The van der Waals surface area contributed by atoms with Crippen molar-refractivity contribution in [2.45, 2.75) is 11.5 Å². The van der Waals surface area contributed by atoms with Gasteiger partial charge in [0.2, 0.25) is 5.13 Å². The Morgan fingerprint density at radius 1 is 1.73 bits per heavy atom. The number of alkyl halides is 2. The molecule has 15 heavy (non-hydrogen) atoms. The van der Waals surface area contributed by atoms with Crippen molar-refractivity contribution in [1.29, 1.82) is 0 Å². The van der Waals surface area contributed by atoms with Crippen molar-refractivity contribution in [2.24, 2.45) is 0 Å². The molecule has 0 amide bonds. The summed E-state index contributed by atoms with van der Waals surface area (Å²) in [5, 5.41) is 15.9. The van der Waals surface area contributed by atoms with Gasteiger partial charge in [0.1, 0.15) is 5.03 Å². The van der Waals surface area contributed by atoms with Crippen molar-refractivity contribution in [3.8, 4) is 0 Å². The molecule has 8 heteroatoms. The smallest absolute Gasteiger partial charge is 0.333 e. The molecule has 0 aromatic carbocycles. The van der Waals surface area contributed by atoms with Gasteiger partial charge < -0.3 is 5.11 Å². The Labute approximate surface area is 92.9 Å². The maximum atomic E-state index is 13.3. The quantitative estimate of drug-likeness (QED) is 0.465. The lowest BCUT2D eigenvalue weighted by Gasteiger charge is -2.18. The highest BCUT2D eigenvalue weighted by atomic mass is 35.5. The van der Waals surface area contributed by atoms with Gasteiger partial charge >= 0.3 is 5.97 Å². The minimum Gasteiger partial charge on any atom is -0.478 e. The fourth-order valence-corrected chi connectivity index (χ4v) is 1.59. The minimum absolute atomic E-state index is 0.489. The Bertz CT molecular complexity index is 402. The predicted molar refractivity (Wildman–Crippen MR) is 49.9 cm³/mol. The number of carbonyl (C=O) groups is 1. The van der Waals surface area contributed by atoms with E-state index in [9.17, 15) is 19.3 Å². The lowest BCUT2D eigenvalue weighted by Crippen LogP contribution is -2.23. The Balaban J connectivity index is 3.30. The molecule has 1 unspecified atom stereocenters. The van der Waals surface area contributed by atoms with Gasteiger partial charge in [0, 0.05) is 12.5 Å². The van der Waals surface area contributed by atoms with Crippen LogP contribution in [0.1, 0.15) is 6.42 Å². The molecule has 1 N–H and O–H groups in total. The number of nitro groups is 1. The fraction of sp³-hybridized carbons (Fsp3) is 0.286. The molecule has 0 aliphatic heterocycles. The van der Waals surface area contributed by atoms with Crippen molar-refractivity contribution < 1.29 is 19.2 Å². The highest BCUT2D eigenvalue weighted by Crippen LogP contribution is 2.38. The van der Waals surface area contributed by atoms with Gasteiger partial charge in [-0.2, -0.15) is 0 Å². The molecule has 0 saturated carbocycles. The van der Waals surface area contributed by atoms with E-state index in [1.165, 1.54) is 0 Å². The number of hydrogen-bond donors (Lipinski definition) is 1. The second-order valence-corrected chi connectivity index (χ2v) is 3.83. The zero-order chi connectivity index (χ0) is 11.8. The molecule has 1 atom stereocenters. The van der Waals surface area contributed by atoms with Crippen molar-refractivity contribution in [1.82, 2.24) is 0 Å². The van der Waals surface area contributed by atoms with Gasteiger partial charge in [-0.25, -0.2) is 9.18 Å². The van der Waals surface area contributed by atoms with Crippen LogP contribution in [0.25, 0.3) is 0 Å². The summed E-state index contributed by atoms with van der Waals surface area (Å²) < 4.78 is 13.3. The van der Waals surface area contributed by atoms with Crippen LogP contribution in [0.4, 0.5) is 4.39 Å². The van der Waals surface area contributed by atoms with E-state index in [0.717, 1.165) is 0 Å². The Kier molecular flexibility index (Phi) is 3.01. The van der Waals surface area contributed by atoms with Gasteiger partial charge in [-0.05, 0) is 0 Å². The van der Waals surface area contributed by atoms with Crippen molar-refractivity contribution >= 4 is 29.2 Å². The fourth-order valence-electron chi connectivity index (χ4n) is 1.08. The molecule has 82 valence electrons. The number of allylic oxidation sites excluding steroid dienone is 2. The Morgan fingerprint density at radius 2 is 2.27 bits per heavy atom. The highest BCUT2D eigenvalue weighted by Gasteiger charge is 2.40. The van der Waals surface area contributed by atoms with E-state index in [2.05, 4.69) is 0 Å². The van der Waals surface area contributed by atoms with E-state index in [4.69, 9.17) is 28.3 Å². The molecular weight excluding hydrogens is 252 g/mol. The lowest BCUT2D eigenvalue weighted by atomic mass is 10.0. The van der Waals surface area contributed by atoms with E-state index in [1.54, 1.807) is 0 Å². The van der Waals surface area contributed by atoms with Crippen LogP contribution in [-0.2, 0) is 4.79 Å². The molecule has 0 radical (unpaired) electrons. The van der Waals surface area contributed by atoms with Crippen molar-refractivity contribution in [3.63, 3.8) is 0 Å². The first-order valence-corrected chi connectivity index (χ1v) is 4.37. The van der Waals surface area contributed by atoms with E-state index in [1.807, 2.05) is 0 Å². The number of halogens is 3. The summed E-state index contributed by atoms with van der Waals surface area (Å²) >= 11 is 10.6. The number of carboxylic acid groups (broad SMARTS) is 1. The normalized spacial score (nSPS) is 26.2. The summed E-state index contributed by atoms with van der Waals surface area (Å²) in [4.78, 5) is 20.0. The topological polar surface area (TPSA) is 80.4 Å². The molecule has 0 aromatic heterocycles. The standard InChI is InChI=1S/C7H4Cl2FNO4/c8-5-3(6(12)13)1-7(9,10)2-4(5)11(14)15/h2H,1H2,(H,12,13). The first-order chi connectivity index (χ1) is 6.74. The van der Waals surface area contributed by atoms with Crippen LogP contribution in [0.15, 0.2) is 22.4 Å². The van der Waals surface area contributed by atoms with Crippen LogP contribution in [0.2, 0.25) is 0 Å². The second kappa shape index (κ2) is 3.79. The summed E-state index contributed by atoms with van der Waals surface area (Å²) in [6, 6.07) is 0. The number of nitrogens with zero attached hydrogens (tertiary/aromatic N) is 1. The van der Waals surface area contributed by atoms with Gasteiger partial charge in [0.25, 0.3) is 5.70 Å². The molecule has 0 spiro atoms. The summed E-state index contributed by atoms with van der Waals surface area (Å²) in [6.07, 6.45) is -0.219. The average molecular weight is 256 g/mol. The van der Waals surface area contributed by atoms with Gasteiger partial charge in [-0.3, -0.25) is 10.1 Å². The molecule has 0 aromatic rings. The summed E-state index contributed by atoms with van der Waals surface area (Å²) in [6.45, 7) is 0. The average Bonchev–Trinajstić information content (AvgIpc) is 2.07. The van der Waals surface area contributed by atoms with E-state index >= 15 is 0 Å². The summed E-state index contributed by atoms with van der Waals surface area (Å²) in [5.41, 5.74) is -1.44. The van der Waals surface area contributed by atoms with Gasteiger partial charge in [-0.15, -0.1) is 0 Å². The molecule has 1 aliphatic carbocycles. The van der Waals surface area contributed by atoms with Gasteiger partial charge in [0.05, 0.1) is 10.5 Å². The predicted octanol–water partition coefficient (Wildman–Crippen LogP) is 2.03. The molecule has 5 nitrogen and oxygen atoms in total. The maximum absolute atomic E-state index is 13.3. The first-order valence-electron chi connectivity index (χ1n) is 3.62. The van der Waals surface area contributed by atoms with Crippen LogP contribution in [-0.4, -0.2) is 21.1 Å². The Hall–Kier alpha value is -1.14. The molecule has 0 bridgehead atoms. The van der Waals surface area contributed by atoms with E-state index in [-0.39, 0.29) is 0 Å². The van der Waals surface area contributed by atoms with Crippen LogP contribution >= 0.6 is 23.2 Å². The second-order valence-electron chi connectivity index (χ2n) is 2.82. The van der Waals surface area contributed by atoms with Gasteiger partial charge in [-0.1, -0.05) is 23.2 Å². The van der Waals surface area contributed by atoms with Crippen LogP contribution < -0.4 is 0 Å². The minimum atomic E-state index is -2.59. The largest absolute Gasteiger partial charge is 0.478 e. The molecule has 0 saturated heterocycles. The Morgan fingerprint density at radius 3 is 2.67 bits per heavy atom. The number of rotatable bonds is 2. The van der Waals surface area contributed by atoms with Crippen LogP contribution in [0.3, 0.4) is 0 Å². The molecule has 0 heterocycles. The van der Waals surface area contributed by atoms with Crippen molar-refractivity contribution in [3.05, 3.63) is 32.5 Å². The third-order valence-corrected chi connectivity index (χ3v) is 2.37. The van der Waals surface area contributed by atoms with Crippen LogP contribution in [0, 0.1) is 10.1 Å². The molecule has 0 fully saturated rings. The van der Waals surface area contributed by atoms with E-state index < -0.39 is 38.7 Å². The number of aliphatic carboxylic acids is 1. The number of carboxylic acids is 1. The summed E-state index contributed by atoms with van der Waals surface area (Å²) in [5.74, 6) is -1.53. The number of hydrogen-bond acceptors (Lipinski definition) is 3. The molecule has 1 aliphatic rings. The third-order valence-electron chi connectivity index (χ3n) is 1.71. The zero-order valence-electron chi connectivity index (χ0n) is 7.04. The van der Waals surface area contributed by atoms with E-state index in [0.29, 0.717) is 6.08 Å². The molecule has 1 rings (SSSR count). The van der Waals surface area contributed by atoms with Gasteiger partial charge in [0.15, 0.2) is 0 Å². The van der Waals surface area contributed by atoms with Crippen LogP contribution in [0.5, 0.6) is 0 Å². The monoisotopic (exact) mass is 255 g/mol. The van der Waals surface area contributed by atoms with Crippen molar-refractivity contribution in [2.75, 3.05) is 0 Å². The molecular formula is C7H4Cl2FNO4. The third kappa shape index (κ3) is 2.45. The SMILES string of the molecule is O=C(O)C1=C(Cl)C([N+](=O)[O-])=CC(F)(Cl)C1. The summed E-state index contributed by atoms with van der Waals surface area (Å²) in [7, 11) is 0. The lowest BCUT2D eigenvalue weighted by molar-refractivity contribution is -0.420. The maximum Gasteiger partial charge on any atom is 0.333 e.